The first-order valence-corrected chi connectivity index (χ1v) is 7.27. The average molecular weight is 321 g/mol. The molecule has 0 bridgehead atoms. The summed E-state index contributed by atoms with van der Waals surface area (Å²) in [6.45, 7) is 0.574. The van der Waals surface area contributed by atoms with Crippen LogP contribution in [0.4, 0.5) is 0 Å². The molecule has 0 atom stereocenters. The predicted octanol–water partition coefficient (Wildman–Crippen LogP) is 0.416. The Hall–Kier alpha value is -1.99. The Bertz CT molecular complexity index is 596. The van der Waals surface area contributed by atoms with Gasteiger partial charge in [-0.05, 0) is 57.0 Å². The Balaban J connectivity index is 2.51. The molecule has 0 saturated carbocycles. The lowest BCUT2D eigenvalue weighted by molar-refractivity contribution is -0.138. The second kappa shape index (κ2) is 6.41. The van der Waals surface area contributed by atoms with Gasteiger partial charge in [-0.1, -0.05) is 12.1 Å². The monoisotopic (exact) mass is 321 g/mol. The number of nitrogens with one attached hydrogen (secondary N) is 2. The molecule has 0 aromatic heterocycles. The number of methoxy groups -OCH3 is 1. The van der Waals surface area contributed by atoms with Gasteiger partial charge in [-0.15, -0.1) is 0 Å². The minimum atomic E-state index is -1.32. The minimum Gasteiger partial charge on any atom is -0.497 e. The number of hydrogen-bond donors (Lipinski definition) is 2. The zero-order chi connectivity index (χ0) is 16.3. The Morgan fingerprint density at radius 1 is 1.23 bits per heavy atom. The molecular weight excluding hydrogens is 302 g/mol. The van der Waals surface area contributed by atoms with Crippen LogP contribution >= 0.6 is 12.2 Å². The van der Waals surface area contributed by atoms with Gasteiger partial charge in [0.05, 0.1) is 7.11 Å². The molecule has 0 spiro atoms. The Kier molecular flexibility index (Phi) is 4.77. The molecule has 1 saturated heterocycles. The summed E-state index contributed by atoms with van der Waals surface area (Å²) in [4.78, 5) is 27.2. The van der Waals surface area contributed by atoms with E-state index in [0.717, 1.165) is 0 Å². The van der Waals surface area contributed by atoms with Gasteiger partial charge >= 0.3 is 0 Å². The highest BCUT2D eigenvalue weighted by atomic mass is 32.1. The highest BCUT2D eigenvalue weighted by Crippen LogP contribution is 2.33. The quantitative estimate of drug-likeness (QED) is 0.607. The number of thiocarbonyl (C=S) groups is 1. The topological polar surface area (TPSA) is 70.7 Å². The molecule has 0 aliphatic carbocycles. The molecule has 1 aliphatic heterocycles. The van der Waals surface area contributed by atoms with Crippen LogP contribution in [0.15, 0.2) is 24.3 Å². The number of carbonyl (C=O) groups excluding carboxylic acids is 2. The summed E-state index contributed by atoms with van der Waals surface area (Å²) >= 11 is 4.90. The van der Waals surface area contributed by atoms with E-state index in [1.54, 1.807) is 31.4 Å². The fourth-order valence-corrected chi connectivity index (χ4v) is 2.65. The van der Waals surface area contributed by atoms with Crippen LogP contribution in [0.2, 0.25) is 0 Å². The standard InChI is InChI=1S/C15H19N3O3S/c1-18(2)8-7-15(10-5-4-6-11(9-10)21-3)12(19)16-14(22)17-13(15)20/h4-6,9H,7-8H2,1-3H3,(H2,16,17,19,20,22). The van der Waals surface area contributed by atoms with E-state index in [1.165, 1.54) is 0 Å². The molecule has 1 aromatic carbocycles. The first-order valence-electron chi connectivity index (χ1n) is 6.86. The molecule has 1 fully saturated rings. The van der Waals surface area contributed by atoms with Crippen LogP contribution < -0.4 is 15.4 Å². The number of rotatable bonds is 5. The molecule has 118 valence electrons. The Labute approximate surface area is 134 Å². The van der Waals surface area contributed by atoms with Crippen molar-refractivity contribution >= 4 is 29.1 Å². The molecule has 0 radical (unpaired) electrons. The van der Waals surface area contributed by atoms with E-state index in [9.17, 15) is 9.59 Å². The maximum absolute atomic E-state index is 12.6. The van der Waals surface area contributed by atoms with E-state index in [-0.39, 0.29) is 5.11 Å². The van der Waals surface area contributed by atoms with Gasteiger partial charge in [0.1, 0.15) is 5.75 Å². The smallest absolute Gasteiger partial charge is 0.246 e. The van der Waals surface area contributed by atoms with Crippen LogP contribution in [0.3, 0.4) is 0 Å². The fourth-order valence-electron chi connectivity index (χ4n) is 2.47. The van der Waals surface area contributed by atoms with Crippen molar-refractivity contribution in [3.05, 3.63) is 29.8 Å². The summed E-state index contributed by atoms with van der Waals surface area (Å²) in [6.07, 6.45) is 0.341. The van der Waals surface area contributed by atoms with E-state index < -0.39 is 17.2 Å². The third kappa shape index (κ3) is 2.95. The van der Waals surface area contributed by atoms with Crippen LogP contribution in [0, 0.1) is 0 Å². The zero-order valence-electron chi connectivity index (χ0n) is 12.8. The van der Waals surface area contributed by atoms with Gasteiger partial charge in [0.2, 0.25) is 11.8 Å². The lowest BCUT2D eigenvalue weighted by Crippen LogP contribution is -2.65. The molecule has 2 amide bonds. The van der Waals surface area contributed by atoms with Gasteiger partial charge in [0.15, 0.2) is 10.5 Å². The van der Waals surface area contributed by atoms with E-state index in [1.807, 2.05) is 19.0 Å². The van der Waals surface area contributed by atoms with Crippen LogP contribution in [0.5, 0.6) is 5.75 Å². The van der Waals surface area contributed by atoms with Gasteiger partial charge < -0.3 is 20.3 Å². The molecule has 2 N–H and O–H groups in total. The first kappa shape index (κ1) is 16.4. The van der Waals surface area contributed by atoms with E-state index in [4.69, 9.17) is 17.0 Å². The number of benzene rings is 1. The lowest BCUT2D eigenvalue weighted by atomic mass is 9.74. The van der Waals surface area contributed by atoms with E-state index in [2.05, 4.69) is 10.6 Å². The molecule has 7 heteroatoms. The molecule has 2 rings (SSSR count). The lowest BCUT2D eigenvalue weighted by Gasteiger charge is -2.36. The SMILES string of the molecule is COc1cccc(C2(CCN(C)C)C(=O)NC(=S)NC2=O)c1. The van der Waals surface area contributed by atoms with Crippen molar-refractivity contribution < 1.29 is 14.3 Å². The maximum atomic E-state index is 12.6. The average Bonchev–Trinajstić information content (AvgIpc) is 2.46. The van der Waals surface area contributed by atoms with Crippen LogP contribution in [0.1, 0.15) is 12.0 Å². The second-order valence-corrected chi connectivity index (χ2v) is 5.84. The molecule has 1 aliphatic rings. The summed E-state index contributed by atoms with van der Waals surface area (Å²) in [5, 5.41) is 5.16. The number of hydrogen-bond acceptors (Lipinski definition) is 5. The van der Waals surface area contributed by atoms with Crippen molar-refractivity contribution in [1.29, 1.82) is 0 Å². The van der Waals surface area contributed by atoms with Crippen molar-refractivity contribution in [2.75, 3.05) is 27.7 Å². The molecule has 1 heterocycles. The summed E-state index contributed by atoms with van der Waals surface area (Å²) in [6, 6.07) is 7.00. The van der Waals surface area contributed by atoms with E-state index >= 15 is 0 Å². The molecule has 1 aromatic rings. The van der Waals surface area contributed by atoms with Crippen molar-refractivity contribution in [1.82, 2.24) is 15.5 Å². The number of nitrogens with zero attached hydrogens (tertiary/aromatic N) is 1. The number of amides is 2. The zero-order valence-corrected chi connectivity index (χ0v) is 13.6. The molecule has 0 unspecified atom stereocenters. The summed E-state index contributed by atoms with van der Waals surface area (Å²) in [5.41, 5.74) is -0.729. The van der Waals surface area contributed by atoms with Crippen molar-refractivity contribution in [3.8, 4) is 5.75 Å². The summed E-state index contributed by atoms with van der Waals surface area (Å²) in [5.74, 6) is -0.219. The minimum absolute atomic E-state index is 0.0402. The summed E-state index contributed by atoms with van der Waals surface area (Å²) < 4.78 is 5.21. The first-order chi connectivity index (χ1) is 10.4. The largest absolute Gasteiger partial charge is 0.497 e. The van der Waals surface area contributed by atoms with Crippen LogP contribution in [-0.4, -0.2) is 49.6 Å². The van der Waals surface area contributed by atoms with Gasteiger partial charge in [0.25, 0.3) is 0 Å². The van der Waals surface area contributed by atoms with Crippen molar-refractivity contribution in [2.24, 2.45) is 0 Å². The fraction of sp³-hybridized carbons (Fsp3) is 0.400. The highest BCUT2D eigenvalue weighted by Gasteiger charge is 2.50. The number of ether oxygens (including phenoxy) is 1. The highest BCUT2D eigenvalue weighted by molar-refractivity contribution is 7.80. The van der Waals surface area contributed by atoms with E-state index in [0.29, 0.717) is 24.3 Å². The van der Waals surface area contributed by atoms with Crippen LogP contribution in [-0.2, 0) is 15.0 Å². The Morgan fingerprint density at radius 2 is 1.86 bits per heavy atom. The van der Waals surface area contributed by atoms with Crippen LogP contribution in [0.25, 0.3) is 0 Å². The maximum Gasteiger partial charge on any atom is 0.246 e. The molecule has 6 nitrogen and oxygen atoms in total. The van der Waals surface area contributed by atoms with Crippen molar-refractivity contribution in [3.63, 3.8) is 0 Å². The van der Waals surface area contributed by atoms with Gasteiger partial charge in [-0.3, -0.25) is 9.59 Å². The molecular formula is C15H19N3O3S. The van der Waals surface area contributed by atoms with Crippen molar-refractivity contribution in [2.45, 2.75) is 11.8 Å². The van der Waals surface area contributed by atoms with Gasteiger partial charge in [-0.2, -0.15) is 0 Å². The molecule has 22 heavy (non-hydrogen) atoms. The number of carbonyl (C=O) groups is 2. The summed E-state index contributed by atoms with van der Waals surface area (Å²) in [7, 11) is 5.33. The van der Waals surface area contributed by atoms with Gasteiger partial charge in [0, 0.05) is 0 Å². The Morgan fingerprint density at radius 3 is 2.41 bits per heavy atom. The second-order valence-electron chi connectivity index (χ2n) is 5.43. The third-order valence-electron chi connectivity index (χ3n) is 3.73. The normalized spacial score (nSPS) is 17.2. The van der Waals surface area contributed by atoms with Gasteiger partial charge in [-0.25, -0.2) is 0 Å². The third-order valence-corrected chi connectivity index (χ3v) is 3.93. The predicted molar refractivity (Wildman–Crippen MR) is 86.7 cm³/mol.